The molecule has 0 aromatic heterocycles. The molecule has 0 aliphatic heterocycles. The molecule has 2 fully saturated rings. The molecule has 0 saturated heterocycles. The predicted molar refractivity (Wildman–Crippen MR) is 80.6 cm³/mol. The van der Waals surface area contributed by atoms with E-state index < -0.39 is 5.83 Å². The van der Waals surface area contributed by atoms with Crippen LogP contribution in [-0.2, 0) is 0 Å². The van der Waals surface area contributed by atoms with Crippen LogP contribution in [0.3, 0.4) is 0 Å². The van der Waals surface area contributed by atoms with Gasteiger partial charge in [-0.2, -0.15) is 9.65 Å². The van der Waals surface area contributed by atoms with Gasteiger partial charge in [-0.3, -0.25) is 0 Å². The van der Waals surface area contributed by atoms with Gasteiger partial charge in [-0.15, -0.1) is 0 Å². The molecule has 1 nitrogen and oxygen atoms in total. The molecule has 2 saturated carbocycles. The number of allylic oxidation sites excluding steroid dienone is 2. The van der Waals surface area contributed by atoms with Gasteiger partial charge in [-0.1, -0.05) is 32.6 Å². The minimum absolute atomic E-state index is 0.308. The molecule has 0 heterocycles. The second-order valence-electron chi connectivity index (χ2n) is 6.87. The molecule has 0 aromatic rings. The Balaban J connectivity index is 1.74. The Morgan fingerprint density at radius 1 is 1.05 bits per heavy atom. The smallest absolute Gasteiger partial charge is 0.195 e. The van der Waals surface area contributed by atoms with E-state index in [0.717, 1.165) is 30.6 Å². The van der Waals surface area contributed by atoms with Gasteiger partial charge in [0.1, 0.15) is 6.07 Å². The van der Waals surface area contributed by atoms with Gasteiger partial charge in [-0.05, 0) is 68.3 Å². The number of rotatable bonds is 4. The molecular weight excluding hydrogens is 249 g/mol. The van der Waals surface area contributed by atoms with Gasteiger partial charge in [0.15, 0.2) is 5.83 Å². The Morgan fingerprint density at radius 2 is 1.60 bits per heavy atom. The minimum atomic E-state index is -0.589. The van der Waals surface area contributed by atoms with E-state index in [0.29, 0.717) is 5.92 Å². The van der Waals surface area contributed by atoms with E-state index in [4.69, 9.17) is 5.26 Å². The summed E-state index contributed by atoms with van der Waals surface area (Å²) < 4.78 is 13.0. The largest absolute Gasteiger partial charge is 0.196 e. The first-order valence-corrected chi connectivity index (χ1v) is 8.50. The molecule has 0 N–H and O–H groups in total. The van der Waals surface area contributed by atoms with E-state index in [2.05, 4.69) is 6.92 Å². The second kappa shape index (κ2) is 7.81. The summed E-state index contributed by atoms with van der Waals surface area (Å²) in [6.07, 6.45) is 14.6. The highest BCUT2D eigenvalue weighted by Gasteiger charge is 2.30. The lowest BCUT2D eigenvalue weighted by Crippen LogP contribution is -2.25. The average Bonchev–Trinajstić information content (AvgIpc) is 2.49. The predicted octanol–water partition coefficient (Wildman–Crippen LogP) is 5.78. The van der Waals surface area contributed by atoms with Crippen molar-refractivity contribution in [3.05, 3.63) is 11.9 Å². The van der Waals surface area contributed by atoms with Gasteiger partial charge in [0, 0.05) is 0 Å². The summed E-state index contributed by atoms with van der Waals surface area (Å²) in [5, 5.41) is 8.50. The maximum Gasteiger partial charge on any atom is 0.196 e. The zero-order valence-electron chi connectivity index (χ0n) is 12.8. The molecule has 0 unspecified atom stereocenters. The third kappa shape index (κ3) is 4.33. The van der Waals surface area contributed by atoms with Crippen LogP contribution in [0.4, 0.5) is 4.39 Å². The molecule has 0 spiro atoms. The summed E-state index contributed by atoms with van der Waals surface area (Å²) in [5.41, 5.74) is 0. The van der Waals surface area contributed by atoms with Gasteiger partial charge < -0.3 is 0 Å². The fraction of sp³-hybridized carbons (Fsp3) is 0.833. The number of hydrogen-bond acceptors (Lipinski definition) is 1. The molecule has 0 bridgehead atoms. The third-order valence-electron chi connectivity index (χ3n) is 5.56. The van der Waals surface area contributed by atoms with Crippen LogP contribution in [0.1, 0.15) is 71.1 Å². The zero-order chi connectivity index (χ0) is 14.4. The molecule has 0 amide bonds. The lowest BCUT2D eigenvalue weighted by Gasteiger charge is -2.37. The molecule has 0 atom stereocenters. The van der Waals surface area contributed by atoms with Crippen molar-refractivity contribution in [1.82, 2.24) is 0 Å². The molecule has 112 valence electrons. The maximum absolute atomic E-state index is 13.0. The number of nitriles is 1. The summed E-state index contributed by atoms with van der Waals surface area (Å²) in [6.45, 7) is 2.29. The molecule has 20 heavy (non-hydrogen) atoms. The molecule has 0 radical (unpaired) electrons. The van der Waals surface area contributed by atoms with E-state index in [1.165, 1.54) is 51.4 Å². The maximum atomic E-state index is 13.0. The molecule has 2 heteroatoms. The van der Waals surface area contributed by atoms with E-state index >= 15 is 0 Å². The number of halogens is 1. The SMILES string of the molecule is CCCC1CCC(C2CCC(/C=C(/F)C#N)CC2)CC1. The minimum Gasteiger partial charge on any atom is -0.195 e. The van der Waals surface area contributed by atoms with E-state index in [-0.39, 0.29) is 0 Å². The second-order valence-corrected chi connectivity index (χ2v) is 6.87. The highest BCUT2D eigenvalue weighted by atomic mass is 19.1. The van der Waals surface area contributed by atoms with Crippen LogP contribution < -0.4 is 0 Å². The summed E-state index contributed by atoms with van der Waals surface area (Å²) in [5.74, 6) is 2.50. The van der Waals surface area contributed by atoms with E-state index in [1.807, 2.05) is 0 Å². The molecule has 0 aromatic carbocycles. The standard InChI is InChI=1S/C18H28FN/c1-2-3-14-4-8-16(9-5-14)17-10-6-15(7-11-17)12-18(19)13-20/h12,14-17H,2-11H2,1H3/b18-12+. The Hall–Kier alpha value is -0.840. The van der Waals surface area contributed by atoms with Crippen molar-refractivity contribution in [1.29, 1.82) is 5.26 Å². The summed E-state index contributed by atoms with van der Waals surface area (Å²) in [4.78, 5) is 0. The first-order chi connectivity index (χ1) is 9.72. The van der Waals surface area contributed by atoms with E-state index in [9.17, 15) is 4.39 Å². The molecule has 2 aliphatic rings. The lowest BCUT2D eigenvalue weighted by molar-refractivity contribution is 0.152. The van der Waals surface area contributed by atoms with Crippen LogP contribution in [0.5, 0.6) is 0 Å². The summed E-state index contributed by atoms with van der Waals surface area (Å²) >= 11 is 0. The quantitative estimate of drug-likeness (QED) is 0.598. The molecular formula is C18H28FN. The Morgan fingerprint density at radius 3 is 2.10 bits per heavy atom. The Bertz CT molecular complexity index is 352. The van der Waals surface area contributed by atoms with Crippen molar-refractivity contribution < 1.29 is 4.39 Å². The Labute approximate surface area is 123 Å². The van der Waals surface area contributed by atoms with Crippen molar-refractivity contribution in [2.45, 2.75) is 71.1 Å². The van der Waals surface area contributed by atoms with Gasteiger partial charge >= 0.3 is 0 Å². The highest BCUT2D eigenvalue weighted by molar-refractivity contribution is 5.13. The first kappa shape index (κ1) is 15.5. The third-order valence-corrected chi connectivity index (χ3v) is 5.56. The molecule has 2 rings (SSSR count). The fourth-order valence-electron chi connectivity index (χ4n) is 4.38. The van der Waals surface area contributed by atoms with Crippen LogP contribution in [-0.4, -0.2) is 0 Å². The Kier molecular flexibility index (Phi) is 6.07. The fourth-order valence-corrected chi connectivity index (χ4v) is 4.38. The van der Waals surface area contributed by atoms with Crippen LogP contribution in [0.2, 0.25) is 0 Å². The van der Waals surface area contributed by atoms with Crippen LogP contribution in [0, 0.1) is 35.0 Å². The first-order valence-electron chi connectivity index (χ1n) is 8.50. The highest BCUT2D eigenvalue weighted by Crippen LogP contribution is 2.42. The van der Waals surface area contributed by atoms with Crippen molar-refractivity contribution in [3.8, 4) is 6.07 Å². The lowest BCUT2D eigenvalue weighted by atomic mass is 9.68. The average molecular weight is 277 g/mol. The summed E-state index contributed by atoms with van der Waals surface area (Å²) in [6, 6.07) is 1.60. The van der Waals surface area contributed by atoms with Crippen molar-refractivity contribution in [3.63, 3.8) is 0 Å². The van der Waals surface area contributed by atoms with E-state index in [1.54, 1.807) is 12.1 Å². The monoisotopic (exact) mass is 277 g/mol. The van der Waals surface area contributed by atoms with Crippen molar-refractivity contribution in [2.75, 3.05) is 0 Å². The van der Waals surface area contributed by atoms with Crippen LogP contribution >= 0.6 is 0 Å². The topological polar surface area (TPSA) is 23.8 Å². The number of hydrogen-bond donors (Lipinski definition) is 0. The van der Waals surface area contributed by atoms with Crippen molar-refractivity contribution >= 4 is 0 Å². The van der Waals surface area contributed by atoms with Crippen molar-refractivity contribution in [2.24, 2.45) is 23.7 Å². The van der Waals surface area contributed by atoms with Gasteiger partial charge in [0.25, 0.3) is 0 Å². The normalized spacial score (nSPS) is 35.5. The number of nitrogens with zero attached hydrogens (tertiary/aromatic N) is 1. The zero-order valence-corrected chi connectivity index (χ0v) is 12.8. The van der Waals surface area contributed by atoms with Gasteiger partial charge in [0.05, 0.1) is 0 Å². The summed E-state index contributed by atoms with van der Waals surface area (Å²) in [7, 11) is 0. The van der Waals surface area contributed by atoms with Crippen LogP contribution in [0.25, 0.3) is 0 Å². The van der Waals surface area contributed by atoms with Crippen LogP contribution in [0.15, 0.2) is 11.9 Å². The van der Waals surface area contributed by atoms with Gasteiger partial charge in [0.2, 0.25) is 0 Å². The molecule has 2 aliphatic carbocycles. The van der Waals surface area contributed by atoms with Gasteiger partial charge in [-0.25, -0.2) is 0 Å².